The number of aromatic nitrogens is 1. The van der Waals surface area contributed by atoms with Crippen molar-refractivity contribution in [3.63, 3.8) is 0 Å². The molecule has 3 nitrogen and oxygen atoms in total. The molecule has 1 amide bonds. The van der Waals surface area contributed by atoms with Crippen molar-refractivity contribution in [3.05, 3.63) is 75.7 Å². The number of nitrogens with zero attached hydrogens (tertiary/aromatic N) is 1. The van der Waals surface area contributed by atoms with Crippen LogP contribution in [0.1, 0.15) is 54.4 Å². The first-order chi connectivity index (χ1) is 14.4. The Morgan fingerprint density at radius 3 is 2.60 bits per heavy atom. The third kappa shape index (κ3) is 4.30. The van der Waals surface area contributed by atoms with Crippen LogP contribution in [0, 0.1) is 11.7 Å². The number of carbonyl (C=O) groups is 1. The van der Waals surface area contributed by atoms with Crippen LogP contribution >= 0.6 is 23.2 Å². The molecule has 0 saturated heterocycles. The van der Waals surface area contributed by atoms with E-state index in [1.165, 1.54) is 11.6 Å². The molecule has 1 N–H and O–H groups in total. The maximum Gasteiger partial charge on any atom is 0.251 e. The van der Waals surface area contributed by atoms with E-state index < -0.39 is 0 Å². The molecular formula is C24H23Cl2FN2O. The number of pyridine rings is 1. The molecule has 1 saturated carbocycles. The largest absolute Gasteiger partial charge is 0.349 e. The summed E-state index contributed by atoms with van der Waals surface area (Å²) in [7, 11) is 0. The molecule has 0 radical (unpaired) electrons. The van der Waals surface area contributed by atoms with Gasteiger partial charge in [0.05, 0.1) is 10.0 Å². The molecular weight excluding hydrogens is 422 g/mol. The summed E-state index contributed by atoms with van der Waals surface area (Å²) >= 11 is 12.0. The highest BCUT2D eigenvalue weighted by atomic mass is 35.5. The number of hydrogen-bond acceptors (Lipinski definition) is 2. The predicted molar refractivity (Wildman–Crippen MR) is 120 cm³/mol. The van der Waals surface area contributed by atoms with Gasteiger partial charge in [-0.2, -0.15) is 0 Å². The number of para-hydroxylation sites is 1. The molecule has 156 valence electrons. The number of rotatable bonds is 4. The van der Waals surface area contributed by atoms with Crippen LogP contribution in [0.3, 0.4) is 0 Å². The van der Waals surface area contributed by atoms with E-state index >= 15 is 0 Å². The molecule has 0 spiro atoms. The molecule has 0 bridgehead atoms. The lowest BCUT2D eigenvalue weighted by Crippen LogP contribution is -2.39. The van der Waals surface area contributed by atoms with Crippen LogP contribution in [-0.4, -0.2) is 16.9 Å². The first-order valence-electron chi connectivity index (χ1n) is 10.2. The van der Waals surface area contributed by atoms with Crippen molar-refractivity contribution in [1.82, 2.24) is 10.3 Å². The number of benzene rings is 2. The number of fused-ring (bicyclic) bond motifs is 1. The van der Waals surface area contributed by atoms with Crippen LogP contribution in [0.5, 0.6) is 0 Å². The summed E-state index contributed by atoms with van der Waals surface area (Å²) in [4.78, 5) is 16.8. The van der Waals surface area contributed by atoms with E-state index in [0.29, 0.717) is 33.0 Å². The quantitative estimate of drug-likeness (QED) is 0.481. The Kier molecular flexibility index (Phi) is 6.26. The first-order valence-corrected chi connectivity index (χ1v) is 11.0. The van der Waals surface area contributed by atoms with Crippen LogP contribution in [0.2, 0.25) is 10.0 Å². The Morgan fingerprint density at radius 1 is 1.10 bits per heavy atom. The fourth-order valence-corrected chi connectivity index (χ4v) is 4.79. The van der Waals surface area contributed by atoms with Crippen LogP contribution < -0.4 is 5.32 Å². The normalized spacial score (nSPS) is 20.1. The summed E-state index contributed by atoms with van der Waals surface area (Å²) < 4.78 is 14.1. The van der Waals surface area contributed by atoms with Gasteiger partial charge in [0.15, 0.2) is 0 Å². The summed E-state index contributed by atoms with van der Waals surface area (Å²) in [6.07, 6.45) is 5.73. The maximum absolute atomic E-state index is 14.1. The summed E-state index contributed by atoms with van der Waals surface area (Å²) in [5, 5.41) is 4.82. The van der Waals surface area contributed by atoms with Gasteiger partial charge in [-0.05, 0) is 80.3 Å². The molecule has 4 rings (SSSR count). The second-order valence-corrected chi connectivity index (χ2v) is 8.85. The molecule has 6 heteroatoms. The number of halogens is 3. The summed E-state index contributed by atoms with van der Waals surface area (Å²) in [6.45, 7) is 2.05. The zero-order valence-corrected chi connectivity index (χ0v) is 18.2. The third-order valence-corrected chi connectivity index (χ3v) is 6.95. The van der Waals surface area contributed by atoms with Gasteiger partial charge in [0.1, 0.15) is 11.3 Å². The molecule has 0 aliphatic heterocycles. The van der Waals surface area contributed by atoms with E-state index in [2.05, 4.69) is 17.2 Å². The average molecular weight is 445 g/mol. The van der Waals surface area contributed by atoms with Gasteiger partial charge in [-0.3, -0.25) is 9.78 Å². The Labute approximate surface area is 185 Å². The summed E-state index contributed by atoms with van der Waals surface area (Å²) in [6, 6.07) is 12.1. The van der Waals surface area contributed by atoms with E-state index in [0.717, 1.165) is 31.1 Å². The van der Waals surface area contributed by atoms with Gasteiger partial charge in [-0.25, -0.2) is 4.39 Å². The lowest BCUT2D eigenvalue weighted by atomic mass is 9.75. The fraction of sp³-hybridized carbons (Fsp3) is 0.333. The van der Waals surface area contributed by atoms with E-state index in [-0.39, 0.29) is 17.8 Å². The van der Waals surface area contributed by atoms with Gasteiger partial charge in [-0.1, -0.05) is 35.3 Å². The first kappa shape index (κ1) is 21.1. The summed E-state index contributed by atoms with van der Waals surface area (Å²) in [5.74, 6) is 0.366. The standard InChI is InChI=1S/C24H23Cl2FN2O/c1-14(29-24(30)17-9-10-20(25)21(26)13-17)15-5-7-16(8-6-15)18-11-12-28-23-19(18)3-2-4-22(23)27/h2-4,9-16H,5-8H2,1H3,(H,29,30)/t14-,15?,16?/m1/s1. The van der Waals surface area contributed by atoms with Gasteiger partial charge in [0.2, 0.25) is 0 Å². The number of hydrogen-bond donors (Lipinski definition) is 1. The maximum atomic E-state index is 14.1. The lowest BCUT2D eigenvalue weighted by Gasteiger charge is -2.33. The van der Waals surface area contributed by atoms with Crippen molar-refractivity contribution in [2.75, 3.05) is 0 Å². The molecule has 1 atom stereocenters. The number of carbonyl (C=O) groups excluding carboxylic acids is 1. The predicted octanol–water partition coefficient (Wildman–Crippen LogP) is 6.77. The molecule has 1 aromatic heterocycles. The molecule has 0 unspecified atom stereocenters. The van der Waals surface area contributed by atoms with Gasteiger partial charge in [-0.15, -0.1) is 0 Å². The highest BCUT2D eigenvalue weighted by molar-refractivity contribution is 6.42. The van der Waals surface area contributed by atoms with Gasteiger partial charge >= 0.3 is 0 Å². The Bertz CT molecular complexity index is 1080. The summed E-state index contributed by atoms with van der Waals surface area (Å²) in [5.41, 5.74) is 2.13. The topological polar surface area (TPSA) is 42.0 Å². The minimum atomic E-state index is -0.276. The van der Waals surface area contributed by atoms with E-state index in [1.54, 1.807) is 30.5 Å². The van der Waals surface area contributed by atoms with E-state index in [9.17, 15) is 9.18 Å². The van der Waals surface area contributed by atoms with Gasteiger partial charge in [0.25, 0.3) is 5.91 Å². The highest BCUT2D eigenvalue weighted by Crippen LogP contribution is 2.39. The molecule has 1 aliphatic carbocycles. The second kappa shape index (κ2) is 8.91. The van der Waals surface area contributed by atoms with Gasteiger partial charge < -0.3 is 5.32 Å². The van der Waals surface area contributed by atoms with Crippen LogP contribution in [0.15, 0.2) is 48.7 Å². The van der Waals surface area contributed by atoms with Crippen molar-refractivity contribution in [1.29, 1.82) is 0 Å². The van der Waals surface area contributed by atoms with Crippen molar-refractivity contribution in [3.8, 4) is 0 Å². The van der Waals surface area contributed by atoms with Crippen molar-refractivity contribution in [2.45, 2.75) is 44.6 Å². The fourth-order valence-electron chi connectivity index (χ4n) is 4.49. The smallest absolute Gasteiger partial charge is 0.251 e. The third-order valence-electron chi connectivity index (χ3n) is 6.21. The van der Waals surface area contributed by atoms with Crippen molar-refractivity contribution >= 4 is 40.0 Å². The van der Waals surface area contributed by atoms with E-state index in [1.807, 2.05) is 12.1 Å². The highest BCUT2D eigenvalue weighted by Gasteiger charge is 2.28. The molecule has 2 aromatic carbocycles. The minimum absolute atomic E-state index is 0.0551. The second-order valence-electron chi connectivity index (χ2n) is 8.04. The Balaban J connectivity index is 1.40. The molecule has 30 heavy (non-hydrogen) atoms. The van der Waals surface area contributed by atoms with Crippen LogP contribution in [0.25, 0.3) is 10.9 Å². The molecule has 1 heterocycles. The average Bonchev–Trinajstić information content (AvgIpc) is 2.75. The lowest BCUT2D eigenvalue weighted by molar-refractivity contribution is 0.0918. The monoisotopic (exact) mass is 444 g/mol. The number of amides is 1. The van der Waals surface area contributed by atoms with Crippen molar-refractivity contribution in [2.24, 2.45) is 5.92 Å². The molecule has 1 aliphatic rings. The zero-order valence-electron chi connectivity index (χ0n) is 16.7. The Morgan fingerprint density at radius 2 is 1.87 bits per heavy atom. The van der Waals surface area contributed by atoms with E-state index in [4.69, 9.17) is 23.2 Å². The van der Waals surface area contributed by atoms with Crippen molar-refractivity contribution < 1.29 is 9.18 Å². The molecule has 3 aromatic rings. The SMILES string of the molecule is C[C@@H](NC(=O)c1ccc(Cl)c(Cl)c1)C1CCC(c2ccnc3c(F)cccc23)CC1. The zero-order chi connectivity index (χ0) is 21.3. The van der Waals surface area contributed by atoms with Crippen LogP contribution in [-0.2, 0) is 0 Å². The minimum Gasteiger partial charge on any atom is -0.349 e. The van der Waals surface area contributed by atoms with Crippen LogP contribution in [0.4, 0.5) is 4.39 Å². The van der Waals surface area contributed by atoms with Gasteiger partial charge in [0, 0.05) is 23.2 Å². The molecule has 1 fully saturated rings. The number of nitrogens with one attached hydrogen (secondary N) is 1. The Hall–Kier alpha value is -2.17.